The van der Waals surface area contributed by atoms with Crippen LogP contribution in [0.5, 0.6) is 5.75 Å². The quantitative estimate of drug-likeness (QED) is 0.651. The molecule has 1 aromatic rings. The molecule has 3 rings (SSSR count). The van der Waals surface area contributed by atoms with Crippen LogP contribution in [0.4, 0.5) is 4.79 Å². The Hall–Kier alpha value is -2.28. The summed E-state index contributed by atoms with van der Waals surface area (Å²) in [5.74, 6) is 0.169. The number of carbonyl (C=O) groups is 2. The second kappa shape index (κ2) is 8.40. The third-order valence-corrected chi connectivity index (χ3v) is 5.16. The van der Waals surface area contributed by atoms with Gasteiger partial charge in [-0.3, -0.25) is 9.69 Å². The number of urea groups is 1. The smallest absolute Gasteiger partial charge is 0.317 e. The number of likely N-dealkylation sites (N-methyl/N-ethyl adjacent to an activating group) is 1. The van der Waals surface area contributed by atoms with Crippen molar-refractivity contribution in [3.8, 4) is 5.75 Å². The second-order valence-corrected chi connectivity index (χ2v) is 6.97. The SMILES string of the molecule is CCN(CC(=O)O)C1CC(NC(=O)NCCc2ccc3c(c2)CCO3)C1. The maximum atomic E-state index is 12.0. The normalized spacial score (nSPS) is 20.8. The van der Waals surface area contributed by atoms with E-state index in [1.165, 1.54) is 11.1 Å². The summed E-state index contributed by atoms with van der Waals surface area (Å²) in [5, 5.41) is 14.8. The van der Waals surface area contributed by atoms with Crippen LogP contribution in [0.3, 0.4) is 0 Å². The highest BCUT2D eigenvalue weighted by Crippen LogP contribution is 2.26. The van der Waals surface area contributed by atoms with E-state index in [1.807, 2.05) is 24.0 Å². The van der Waals surface area contributed by atoms with Gasteiger partial charge in [-0.1, -0.05) is 19.1 Å². The Morgan fingerprint density at radius 2 is 2.15 bits per heavy atom. The first-order valence-electron chi connectivity index (χ1n) is 9.30. The van der Waals surface area contributed by atoms with Gasteiger partial charge < -0.3 is 20.5 Å². The third kappa shape index (κ3) is 4.66. The van der Waals surface area contributed by atoms with E-state index in [4.69, 9.17) is 9.84 Å². The molecule has 7 nitrogen and oxygen atoms in total. The molecule has 26 heavy (non-hydrogen) atoms. The van der Waals surface area contributed by atoms with Gasteiger partial charge in [0, 0.05) is 25.0 Å². The summed E-state index contributed by atoms with van der Waals surface area (Å²) in [5.41, 5.74) is 2.44. The lowest BCUT2D eigenvalue weighted by Gasteiger charge is -2.42. The Balaban J connectivity index is 1.33. The highest BCUT2D eigenvalue weighted by atomic mass is 16.5. The highest BCUT2D eigenvalue weighted by Gasteiger charge is 2.34. The summed E-state index contributed by atoms with van der Waals surface area (Å²) >= 11 is 0. The van der Waals surface area contributed by atoms with E-state index in [-0.39, 0.29) is 24.7 Å². The monoisotopic (exact) mass is 361 g/mol. The molecule has 1 aromatic carbocycles. The van der Waals surface area contributed by atoms with E-state index in [0.29, 0.717) is 13.1 Å². The first-order valence-corrected chi connectivity index (χ1v) is 9.30. The van der Waals surface area contributed by atoms with Gasteiger partial charge in [-0.25, -0.2) is 4.79 Å². The van der Waals surface area contributed by atoms with Crippen molar-refractivity contribution in [2.24, 2.45) is 0 Å². The standard InChI is InChI=1S/C19H27N3O4/c1-2-22(12-18(23)24)16-10-15(11-16)21-19(25)20-7-5-13-3-4-17-14(9-13)6-8-26-17/h3-4,9,15-16H,2,5-8,10-12H2,1H3,(H,23,24)(H2,20,21,25). The number of benzene rings is 1. The zero-order valence-electron chi connectivity index (χ0n) is 15.2. The first-order chi connectivity index (χ1) is 12.5. The van der Waals surface area contributed by atoms with Gasteiger partial charge in [0.2, 0.25) is 0 Å². The van der Waals surface area contributed by atoms with Crippen molar-refractivity contribution in [3.05, 3.63) is 29.3 Å². The van der Waals surface area contributed by atoms with Crippen LogP contribution in [-0.4, -0.2) is 60.3 Å². The van der Waals surface area contributed by atoms with Gasteiger partial charge in [0.05, 0.1) is 13.2 Å². The Morgan fingerprint density at radius 1 is 1.35 bits per heavy atom. The molecule has 1 heterocycles. The van der Waals surface area contributed by atoms with Gasteiger partial charge in [0.1, 0.15) is 5.75 Å². The van der Waals surface area contributed by atoms with Crippen LogP contribution in [0, 0.1) is 0 Å². The average molecular weight is 361 g/mol. The summed E-state index contributed by atoms with van der Waals surface area (Å²) in [6.07, 6.45) is 3.35. The number of rotatable bonds is 8. The maximum Gasteiger partial charge on any atom is 0.317 e. The molecular weight excluding hydrogens is 334 g/mol. The molecule has 1 aliphatic heterocycles. The van der Waals surface area contributed by atoms with E-state index >= 15 is 0 Å². The van der Waals surface area contributed by atoms with Crippen LogP contribution in [0.25, 0.3) is 0 Å². The fourth-order valence-electron chi connectivity index (χ4n) is 3.63. The van der Waals surface area contributed by atoms with Gasteiger partial charge in [0.15, 0.2) is 0 Å². The largest absolute Gasteiger partial charge is 0.493 e. The summed E-state index contributed by atoms with van der Waals surface area (Å²) < 4.78 is 5.50. The summed E-state index contributed by atoms with van der Waals surface area (Å²) in [4.78, 5) is 24.8. The maximum absolute atomic E-state index is 12.0. The molecule has 2 aliphatic rings. The van der Waals surface area contributed by atoms with Gasteiger partial charge in [-0.15, -0.1) is 0 Å². The average Bonchev–Trinajstić information content (AvgIpc) is 3.03. The Morgan fingerprint density at radius 3 is 2.88 bits per heavy atom. The number of hydrogen-bond donors (Lipinski definition) is 3. The van der Waals surface area contributed by atoms with E-state index in [0.717, 1.165) is 38.0 Å². The molecule has 0 unspecified atom stereocenters. The van der Waals surface area contributed by atoms with E-state index in [9.17, 15) is 9.59 Å². The number of amides is 2. The first kappa shape index (κ1) is 18.5. The van der Waals surface area contributed by atoms with Gasteiger partial charge in [-0.2, -0.15) is 0 Å². The van der Waals surface area contributed by atoms with Crippen molar-refractivity contribution in [2.45, 2.75) is 44.7 Å². The lowest BCUT2D eigenvalue weighted by molar-refractivity contribution is -0.139. The molecule has 3 N–H and O–H groups in total. The molecule has 0 spiro atoms. The minimum Gasteiger partial charge on any atom is -0.493 e. The van der Waals surface area contributed by atoms with Crippen LogP contribution in [0.1, 0.15) is 30.9 Å². The molecule has 1 fully saturated rings. The topological polar surface area (TPSA) is 90.9 Å². The lowest BCUT2D eigenvalue weighted by atomic mass is 9.85. The number of carboxylic acids is 1. The lowest BCUT2D eigenvalue weighted by Crippen LogP contribution is -2.56. The Bertz CT molecular complexity index is 658. The van der Waals surface area contributed by atoms with E-state index < -0.39 is 5.97 Å². The summed E-state index contributed by atoms with van der Waals surface area (Å²) in [6, 6.07) is 6.42. The van der Waals surface area contributed by atoms with Gasteiger partial charge in [-0.05, 0) is 43.0 Å². The van der Waals surface area contributed by atoms with Crippen molar-refractivity contribution >= 4 is 12.0 Å². The van der Waals surface area contributed by atoms with Crippen molar-refractivity contribution in [1.82, 2.24) is 15.5 Å². The predicted molar refractivity (Wildman–Crippen MR) is 97.6 cm³/mol. The number of nitrogens with one attached hydrogen (secondary N) is 2. The van der Waals surface area contributed by atoms with Crippen LogP contribution in [-0.2, 0) is 17.6 Å². The second-order valence-electron chi connectivity index (χ2n) is 6.97. The van der Waals surface area contributed by atoms with Crippen molar-refractivity contribution in [1.29, 1.82) is 0 Å². The molecule has 0 radical (unpaired) electrons. The van der Waals surface area contributed by atoms with Crippen molar-refractivity contribution in [3.63, 3.8) is 0 Å². The van der Waals surface area contributed by atoms with Crippen LogP contribution in [0.15, 0.2) is 18.2 Å². The molecule has 0 atom stereocenters. The fourth-order valence-corrected chi connectivity index (χ4v) is 3.63. The molecule has 7 heteroatoms. The third-order valence-electron chi connectivity index (χ3n) is 5.16. The number of aliphatic carboxylic acids is 1. The molecule has 2 amide bonds. The predicted octanol–water partition coefficient (Wildman–Crippen LogP) is 1.40. The van der Waals surface area contributed by atoms with Crippen molar-refractivity contribution in [2.75, 3.05) is 26.2 Å². The molecule has 1 saturated carbocycles. The van der Waals surface area contributed by atoms with Crippen LogP contribution >= 0.6 is 0 Å². The molecular formula is C19H27N3O4. The zero-order valence-corrected chi connectivity index (χ0v) is 15.2. The van der Waals surface area contributed by atoms with Gasteiger partial charge in [0.25, 0.3) is 0 Å². The summed E-state index contributed by atoms with van der Waals surface area (Å²) in [6.45, 7) is 4.07. The minimum atomic E-state index is -0.806. The number of nitrogens with zero attached hydrogens (tertiary/aromatic N) is 1. The molecule has 1 aliphatic carbocycles. The van der Waals surface area contributed by atoms with E-state index in [2.05, 4.69) is 16.7 Å². The Kier molecular flexibility index (Phi) is 5.98. The van der Waals surface area contributed by atoms with Crippen LogP contribution in [0.2, 0.25) is 0 Å². The fraction of sp³-hybridized carbons (Fsp3) is 0.579. The summed E-state index contributed by atoms with van der Waals surface area (Å²) in [7, 11) is 0. The van der Waals surface area contributed by atoms with Crippen LogP contribution < -0.4 is 15.4 Å². The highest BCUT2D eigenvalue weighted by molar-refractivity contribution is 5.74. The zero-order chi connectivity index (χ0) is 18.5. The molecule has 0 bridgehead atoms. The number of carboxylic acid groups (broad SMARTS) is 1. The molecule has 142 valence electrons. The van der Waals surface area contributed by atoms with Crippen molar-refractivity contribution < 1.29 is 19.4 Å². The number of hydrogen-bond acceptors (Lipinski definition) is 4. The van der Waals surface area contributed by atoms with E-state index in [1.54, 1.807) is 0 Å². The Labute approximate surface area is 153 Å². The molecule has 0 aromatic heterocycles. The number of ether oxygens (including phenoxy) is 1. The van der Waals surface area contributed by atoms with Gasteiger partial charge >= 0.3 is 12.0 Å². The molecule has 0 saturated heterocycles. The number of carbonyl (C=O) groups excluding carboxylic acids is 1. The minimum absolute atomic E-state index is 0.0614. The number of fused-ring (bicyclic) bond motifs is 1.